The normalized spacial score (nSPS) is 17.0. The van der Waals surface area contributed by atoms with E-state index in [0.29, 0.717) is 0 Å². The van der Waals surface area contributed by atoms with E-state index in [1.807, 2.05) is 13.8 Å². The maximum absolute atomic E-state index is 2.30. The molecule has 76 valence electrons. The summed E-state index contributed by atoms with van der Waals surface area (Å²) in [6.45, 7) is 15.2. The molecule has 0 aromatic carbocycles. The minimum absolute atomic E-state index is 0.750. The van der Waals surface area contributed by atoms with Crippen molar-refractivity contribution in [2.75, 3.05) is 0 Å². The molecular weight excluding hydrogens is 144 g/mol. The highest BCUT2D eigenvalue weighted by molar-refractivity contribution is 4.82. The monoisotopic (exact) mass is 172 g/mol. The molecule has 0 saturated heterocycles. The minimum Gasteiger partial charge on any atom is -0.0683 e. The van der Waals surface area contributed by atoms with E-state index in [4.69, 9.17) is 0 Å². The Morgan fingerprint density at radius 1 is 1.08 bits per heavy atom. The van der Waals surface area contributed by atoms with Gasteiger partial charge in [-0.2, -0.15) is 0 Å². The van der Waals surface area contributed by atoms with E-state index in [9.17, 15) is 0 Å². The fourth-order valence-electron chi connectivity index (χ4n) is 0.250. The van der Waals surface area contributed by atoms with Crippen molar-refractivity contribution in [3.05, 3.63) is 0 Å². The van der Waals surface area contributed by atoms with Gasteiger partial charge in [0.15, 0.2) is 0 Å². The highest BCUT2D eigenvalue weighted by atomic mass is 14.4. The first-order valence-corrected chi connectivity index (χ1v) is 5.48. The molecule has 0 spiro atoms. The summed E-state index contributed by atoms with van der Waals surface area (Å²) in [4.78, 5) is 0. The lowest BCUT2D eigenvalue weighted by Gasteiger charge is -1.90. The number of rotatable bonds is 1. The molecule has 0 heterocycles. The second kappa shape index (κ2) is 7.64. The molecule has 1 aliphatic carbocycles. The van der Waals surface area contributed by atoms with Crippen LogP contribution in [0.5, 0.6) is 0 Å². The summed E-state index contributed by atoms with van der Waals surface area (Å²) >= 11 is 0. The van der Waals surface area contributed by atoms with Gasteiger partial charge in [-0.15, -0.1) is 0 Å². The van der Waals surface area contributed by atoms with E-state index < -0.39 is 0 Å². The predicted octanol–water partition coefficient (Wildman–Crippen LogP) is 4.89. The second-order valence-electron chi connectivity index (χ2n) is 4.47. The van der Waals surface area contributed by atoms with Crippen LogP contribution in [0.4, 0.5) is 0 Å². The molecule has 0 heteroatoms. The summed E-state index contributed by atoms with van der Waals surface area (Å²) in [6.07, 6.45) is 4.21. The van der Waals surface area contributed by atoms with Gasteiger partial charge >= 0.3 is 0 Å². The maximum Gasteiger partial charge on any atom is -0.0354 e. The third-order valence-electron chi connectivity index (χ3n) is 2.07. The lowest BCUT2D eigenvalue weighted by molar-refractivity contribution is 0.626. The first kappa shape index (κ1) is 14.5. The molecule has 1 rings (SSSR count). The van der Waals surface area contributed by atoms with Gasteiger partial charge in [0.25, 0.3) is 0 Å². The van der Waals surface area contributed by atoms with Crippen molar-refractivity contribution in [3.8, 4) is 0 Å². The van der Waals surface area contributed by atoms with Crippen molar-refractivity contribution in [2.45, 2.75) is 67.7 Å². The zero-order chi connectivity index (χ0) is 10.2. The third-order valence-corrected chi connectivity index (χ3v) is 2.07. The standard InChI is InChI=1S/C5H10.C5H12.C2H6/c1-5(2)3-4-5;1-4-5(2)3;1-2/h3-4H2,1-2H3;5H,4H2,1-3H3;1-2H3. The molecule has 0 atom stereocenters. The Kier molecular flexibility index (Phi) is 9.24. The predicted molar refractivity (Wildman–Crippen MR) is 59.5 cm³/mol. The molecular formula is C12H28. The van der Waals surface area contributed by atoms with Crippen LogP contribution in [0, 0.1) is 11.3 Å². The summed E-state index contributed by atoms with van der Waals surface area (Å²) < 4.78 is 0. The molecule has 12 heavy (non-hydrogen) atoms. The highest BCUT2D eigenvalue weighted by Crippen LogP contribution is 2.43. The smallest absolute Gasteiger partial charge is 0.0354 e. The molecule has 0 radical (unpaired) electrons. The van der Waals surface area contributed by atoms with Gasteiger partial charge in [-0.3, -0.25) is 0 Å². The fraction of sp³-hybridized carbons (Fsp3) is 1.00. The molecule has 1 aliphatic rings. The second-order valence-corrected chi connectivity index (χ2v) is 4.47. The van der Waals surface area contributed by atoms with Crippen LogP contribution in [0.1, 0.15) is 67.7 Å². The molecule has 1 saturated carbocycles. The van der Waals surface area contributed by atoms with Crippen molar-refractivity contribution in [1.29, 1.82) is 0 Å². The Balaban J connectivity index is 0. The summed E-state index contributed by atoms with van der Waals surface area (Å²) in [6, 6.07) is 0. The molecule has 0 amide bonds. The van der Waals surface area contributed by atoms with Crippen LogP contribution in [0.2, 0.25) is 0 Å². The van der Waals surface area contributed by atoms with Gasteiger partial charge in [-0.25, -0.2) is 0 Å². The van der Waals surface area contributed by atoms with Gasteiger partial charge in [0.05, 0.1) is 0 Å². The Hall–Kier alpha value is 0. The lowest BCUT2D eigenvalue weighted by atomic mass is 10.2. The van der Waals surface area contributed by atoms with Crippen molar-refractivity contribution < 1.29 is 0 Å². The summed E-state index contributed by atoms with van der Waals surface area (Å²) in [5, 5.41) is 0. The SMILES string of the molecule is CC.CC1(C)CC1.CCC(C)C. The zero-order valence-corrected chi connectivity index (χ0v) is 10.2. The van der Waals surface area contributed by atoms with Crippen molar-refractivity contribution in [1.82, 2.24) is 0 Å². The molecule has 1 fully saturated rings. The molecule has 0 unspecified atom stereocenters. The topological polar surface area (TPSA) is 0 Å². The van der Waals surface area contributed by atoms with E-state index >= 15 is 0 Å². The average molecular weight is 172 g/mol. The molecule has 0 aromatic rings. The van der Waals surface area contributed by atoms with E-state index in [-0.39, 0.29) is 0 Å². The average Bonchev–Trinajstić information content (AvgIpc) is 2.71. The lowest BCUT2D eigenvalue weighted by Crippen LogP contribution is -1.77. The first-order valence-electron chi connectivity index (χ1n) is 5.48. The van der Waals surface area contributed by atoms with Gasteiger partial charge in [0.2, 0.25) is 0 Å². The van der Waals surface area contributed by atoms with E-state index in [1.54, 1.807) is 0 Å². The van der Waals surface area contributed by atoms with E-state index in [1.165, 1.54) is 19.3 Å². The zero-order valence-electron chi connectivity index (χ0n) is 10.2. The van der Waals surface area contributed by atoms with E-state index in [2.05, 4.69) is 34.6 Å². The van der Waals surface area contributed by atoms with Crippen molar-refractivity contribution >= 4 is 0 Å². The van der Waals surface area contributed by atoms with Gasteiger partial charge in [0, 0.05) is 0 Å². The largest absolute Gasteiger partial charge is 0.0683 e. The summed E-state index contributed by atoms with van der Waals surface area (Å²) in [7, 11) is 0. The molecule has 0 N–H and O–H groups in total. The van der Waals surface area contributed by atoms with Crippen LogP contribution >= 0.6 is 0 Å². The van der Waals surface area contributed by atoms with Crippen LogP contribution in [0.3, 0.4) is 0 Å². The van der Waals surface area contributed by atoms with Crippen LogP contribution < -0.4 is 0 Å². The molecule has 0 nitrogen and oxygen atoms in total. The van der Waals surface area contributed by atoms with Crippen LogP contribution in [0.25, 0.3) is 0 Å². The number of hydrogen-bond acceptors (Lipinski definition) is 0. The van der Waals surface area contributed by atoms with Gasteiger partial charge < -0.3 is 0 Å². The van der Waals surface area contributed by atoms with Crippen LogP contribution in [-0.2, 0) is 0 Å². The van der Waals surface area contributed by atoms with Crippen LogP contribution in [-0.4, -0.2) is 0 Å². The minimum atomic E-state index is 0.750. The van der Waals surface area contributed by atoms with Crippen LogP contribution in [0.15, 0.2) is 0 Å². The Labute approximate surface area is 79.8 Å². The summed E-state index contributed by atoms with van der Waals surface area (Å²) in [5.74, 6) is 0.884. The third kappa shape index (κ3) is 16.5. The Morgan fingerprint density at radius 2 is 1.25 bits per heavy atom. The number of hydrogen-bond donors (Lipinski definition) is 0. The molecule has 0 aromatic heterocycles. The van der Waals surface area contributed by atoms with Gasteiger partial charge in [0.1, 0.15) is 0 Å². The fourth-order valence-corrected chi connectivity index (χ4v) is 0.250. The maximum atomic E-state index is 2.30. The highest BCUT2D eigenvalue weighted by Gasteiger charge is 2.30. The molecule has 0 aliphatic heterocycles. The van der Waals surface area contributed by atoms with Crippen molar-refractivity contribution in [2.24, 2.45) is 11.3 Å². The van der Waals surface area contributed by atoms with Gasteiger partial charge in [-0.05, 0) is 24.2 Å². The van der Waals surface area contributed by atoms with E-state index in [0.717, 1.165) is 11.3 Å². The summed E-state index contributed by atoms with van der Waals surface area (Å²) in [5.41, 5.74) is 0.750. The Bertz CT molecular complexity index is 74.0. The van der Waals surface area contributed by atoms with Gasteiger partial charge in [-0.1, -0.05) is 54.9 Å². The molecule has 0 bridgehead atoms. The van der Waals surface area contributed by atoms with Crippen molar-refractivity contribution in [3.63, 3.8) is 0 Å². The first-order chi connectivity index (χ1) is 5.48. The quantitative estimate of drug-likeness (QED) is 0.528. The Morgan fingerprint density at radius 3 is 1.25 bits per heavy atom.